The van der Waals surface area contributed by atoms with E-state index in [1.807, 2.05) is 0 Å². The van der Waals surface area contributed by atoms with Crippen LogP contribution in [0.4, 0.5) is 0 Å². The highest BCUT2D eigenvalue weighted by Gasteiger charge is 2.36. The molecule has 0 saturated carbocycles. The van der Waals surface area contributed by atoms with Crippen molar-refractivity contribution in [1.29, 1.82) is 0 Å². The summed E-state index contributed by atoms with van der Waals surface area (Å²) in [5.74, 6) is -2.37. The summed E-state index contributed by atoms with van der Waals surface area (Å²) in [6, 6.07) is 0. The van der Waals surface area contributed by atoms with Crippen molar-refractivity contribution in [3.63, 3.8) is 0 Å². The molecular weight excluding hydrogens is 280 g/mol. The lowest BCUT2D eigenvalue weighted by atomic mass is 10.3. The first-order valence-electron chi connectivity index (χ1n) is 3.65. The van der Waals surface area contributed by atoms with Crippen LogP contribution in [0.3, 0.4) is 0 Å². The highest BCUT2D eigenvalue weighted by molar-refractivity contribution is 8.80. The van der Waals surface area contributed by atoms with Gasteiger partial charge in [-0.25, -0.2) is 4.79 Å². The fraction of sp³-hybridized carbons (Fsp3) is 0.667. The van der Waals surface area contributed by atoms with Crippen molar-refractivity contribution in [3.05, 3.63) is 0 Å². The normalized spacial score (nSPS) is 16.7. The third kappa shape index (κ3) is 5.25. The molecule has 0 aromatic heterocycles. The van der Waals surface area contributed by atoms with Crippen molar-refractivity contribution in [2.75, 3.05) is 6.61 Å². The zero-order valence-corrected chi connectivity index (χ0v) is 10.8. The quantitative estimate of drug-likeness (QED) is 0.269. The molecule has 0 bridgehead atoms. The van der Waals surface area contributed by atoms with E-state index in [0.29, 0.717) is 0 Å². The van der Waals surface area contributed by atoms with Gasteiger partial charge in [-0.3, -0.25) is 4.79 Å². The number of aliphatic hydroxyl groups is 1. The molecule has 0 radical (unpaired) electrons. The Labute approximate surface area is 105 Å². The van der Waals surface area contributed by atoms with Crippen LogP contribution in [0.2, 0.25) is 0 Å². The molecule has 2 unspecified atom stereocenters. The molecular formula is C6H10O5S4. The van der Waals surface area contributed by atoms with Gasteiger partial charge in [0.05, 0.1) is 0 Å². The molecule has 0 fully saturated rings. The number of aliphatic hydroxyl groups excluding tert-OH is 1. The topological polar surface area (TPSA) is 94.8 Å². The molecule has 0 saturated heterocycles. The predicted molar refractivity (Wildman–Crippen MR) is 66.6 cm³/mol. The van der Waals surface area contributed by atoms with Gasteiger partial charge in [-0.05, 0) is 0 Å². The number of aliphatic carboxylic acids is 2. The largest absolute Gasteiger partial charge is 0.480 e. The van der Waals surface area contributed by atoms with Crippen molar-refractivity contribution < 1.29 is 24.9 Å². The molecule has 0 heterocycles. The minimum atomic E-state index is -1.50. The molecule has 3 N–H and O–H groups in total. The van der Waals surface area contributed by atoms with Gasteiger partial charge in [0, 0.05) is 13.0 Å². The number of thiol groups is 2. The molecule has 0 amide bonds. The van der Waals surface area contributed by atoms with Crippen LogP contribution in [-0.2, 0) is 9.59 Å². The minimum absolute atomic E-state index is 0.0801. The Morgan fingerprint density at radius 2 is 1.93 bits per heavy atom. The molecule has 0 aliphatic heterocycles. The molecule has 5 nitrogen and oxygen atoms in total. The van der Waals surface area contributed by atoms with Gasteiger partial charge >= 0.3 is 11.9 Å². The second-order valence-electron chi connectivity index (χ2n) is 2.43. The summed E-state index contributed by atoms with van der Waals surface area (Å²) >= 11 is 7.62. The molecule has 88 valence electrons. The average molecular weight is 290 g/mol. The summed E-state index contributed by atoms with van der Waals surface area (Å²) in [6.07, 6.45) is -0.0801. The fourth-order valence-electron chi connectivity index (χ4n) is 0.502. The van der Waals surface area contributed by atoms with Gasteiger partial charge in [0.15, 0.2) is 8.66 Å². The van der Waals surface area contributed by atoms with Crippen LogP contribution in [0.5, 0.6) is 0 Å². The second-order valence-corrected chi connectivity index (χ2v) is 6.97. The SMILES string of the molecule is O=C(O)C(S)SSC(S)(CCO)C(=O)O. The van der Waals surface area contributed by atoms with E-state index in [9.17, 15) is 9.59 Å². The molecule has 0 aromatic carbocycles. The minimum Gasteiger partial charge on any atom is -0.480 e. The van der Waals surface area contributed by atoms with E-state index >= 15 is 0 Å². The summed E-state index contributed by atoms with van der Waals surface area (Å²) in [4.78, 5) is 21.2. The van der Waals surface area contributed by atoms with Crippen LogP contribution in [0.15, 0.2) is 0 Å². The Balaban J connectivity index is 4.31. The Kier molecular flexibility index (Phi) is 6.93. The smallest absolute Gasteiger partial charge is 0.330 e. The van der Waals surface area contributed by atoms with Crippen molar-refractivity contribution in [3.8, 4) is 0 Å². The molecule has 0 aliphatic rings. The Bertz CT molecular complexity index is 248. The third-order valence-electron chi connectivity index (χ3n) is 1.27. The lowest BCUT2D eigenvalue weighted by molar-refractivity contribution is -0.137. The highest BCUT2D eigenvalue weighted by Crippen LogP contribution is 2.44. The average Bonchev–Trinajstić information content (AvgIpc) is 2.14. The van der Waals surface area contributed by atoms with E-state index in [-0.39, 0.29) is 13.0 Å². The Morgan fingerprint density at radius 1 is 1.40 bits per heavy atom. The first kappa shape index (κ1) is 15.3. The van der Waals surface area contributed by atoms with E-state index in [1.165, 1.54) is 0 Å². The lowest BCUT2D eigenvalue weighted by Crippen LogP contribution is -2.29. The molecule has 0 aliphatic carbocycles. The molecule has 15 heavy (non-hydrogen) atoms. The summed E-state index contributed by atoms with van der Waals surface area (Å²) in [7, 11) is 1.53. The van der Waals surface area contributed by atoms with Gasteiger partial charge in [0.2, 0.25) is 0 Å². The maximum absolute atomic E-state index is 10.8. The predicted octanol–water partition coefficient (Wildman–Crippen LogP) is 0.801. The van der Waals surface area contributed by atoms with Crippen LogP contribution in [-0.4, -0.2) is 42.5 Å². The number of hydrogen-bond acceptors (Lipinski definition) is 7. The number of carboxylic acid groups (broad SMARTS) is 2. The summed E-state index contributed by atoms with van der Waals surface area (Å²) in [6.45, 7) is -0.340. The van der Waals surface area contributed by atoms with E-state index in [4.69, 9.17) is 15.3 Å². The van der Waals surface area contributed by atoms with E-state index in [0.717, 1.165) is 21.6 Å². The van der Waals surface area contributed by atoms with Gasteiger partial charge in [-0.15, -0.1) is 12.6 Å². The molecule has 0 aromatic rings. The number of carbonyl (C=O) groups is 2. The standard InChI is InChI=1S/C6H10O5S4/c7-2-1-6(13,5(10)11)15-14-4(12)3(8)9/h4,7,12-13H,1-2H2,(H,8,9)(H,10,11). The number of carboxylic acids is 2. The monoisotopic (exact) mass is 290 g/mol. The van der Waals surface area contributed by atoms with Gasteiger partial charge in [-0.2, -0.15) is 12.6 Å². The van der Waals surface area contributed by atoms with Gasteiger partial charge in [0.1, 0.15) is 0 Å². The maximum atomic E-state index is 10.8. The Morgan fingerprint density at radius 3 is 2.27 bits per heavy atom. The zero-order valence-electron chi connectivity index (χ0n) is 7.36. The first-order chi connectivity index (χ1) is 6.83. The van der Waals surface area contributed by atoms with Crippen LogP contribution in [0.25, 0.3) is 0 Å². The van der Waals surface area contributed by atoms with E-state index in [2.05, 4.69) is 25.3 Å². The summed E-state index contributed by atoms with van der Waals surface area (Å²) < 4.78 is -2.53. The van der Waals surface area contributed by atoms with Crippen LogP contribution >= 0.6 is 46.8 Å². The van der Waals surface area contributed by atoms with E-state index in [1.54, 1.807) is 0 Å². The van der Waals surface area contributed by atoms with E-state index < -0.39 is 20.6 Å². The lowest BCUT2D eigenvalue weighted by Gasteiger charge is -2.21. The van der Waals surface area contributed by atoms with Crippen molar-refractivity contribution in [1.82, 2.24) is 0 Å². The third-order valence-corrected chi connectivity index (χ3v) is 6.15. The maximum Gasteiger partial charge on any atom is 0.330 e. The zero-order chi connectivity index (χ0) is 12.1. The molecule has 9 heteroatoms. The van der Waals surface area contributed by atoms with Crippen LogP contribution in [0, 0.1) is 0 Å². The number of hydrogen-bond donors (Lipinski definition) is 5. The summed E-state index contributed by atoms with van der Waals surface area (Å²) in [5.41, 5.74) is 0. The van der Waals surface area contributed by atoms with Gasteiger partial charge in [-0.1, -0.05) is 21.6 Å². The highest BCUT2D eigenvalue weighted by atomic mass is 33.1. The van der Waals surface area contributed by atoms with Gasteiger partial charge in [0.25, 0.3) is 0 Å². The summed E-state index contributed by atoms with van der Waals surface area (Å²) in [5, 5.41) is 26.0. The van der Waals surface area contributed by atoms with Gasteiger partial charge < -0.3 is 15.3 Å². The fourth-order valence-corrected chi connectivity index (χ4v) is 3.42. The molecule has 0 rings (SSSR count). The van der Waals surface area contributed by atoms with Crippen LogP contribution < -0.4 is 0 Å². The number of rotatable bonds is 7. The Hall–Kier alpha value is 0.300. The van der Waals surface area contributed by atoms with Crippen molar-refractivity contribution >= 4 is 58.8 Å². The second kappa shape index (κ2) is 6.79. The molecule has 2 atom stereocenters. The van der Waals surface area contributed by atoms with Crippen molar-refractivity contribution in [2.45, 2.75) is 15.1 Å². The van der Waals surface area contributed by atoms with Crippen LogP contribution in [0.1, 0.15) is 6.42 Å². The first-order valence-corrected chi connectivity index (χ1v) is 6.83. The molecule has 0 spiro atoms. The van der Waals surface area contributed by atoms with Crippen molar-refractivity contribution in [2.24, 2.45) is 0 Å².